The second kappa shape index (κ2) is 6.68. The molecule has 0 saturated heterocycles. The van der Waals surface area contributed by atoms with Gasteiger partial charge in [0.05, 0.1) is 18.6 Å². The number of carbonyl (C=O) groups is 1. The van der Waals surface area contributed by atoms with Gasteiger partial charge in [0.25, 0.3) is 0 Å². The number of amides is 1. The normalized spacial score (nSPS) is 18.2. The van der Waals surface area contributed by atoms with Gasteiger partial charge in [-0.05, 0) is 25.0 Å². The van der Waals surface area contributed by atoms with Crippen LogP contribution in [0.15, 0.2) is 24.3 Å². The number of ether oxygens (including phenoxy) is 1. The van der Waals surface area contributed by atoms with Crippen LogP contribution in [0.25, 0.3) is 0 Å². The first kappa shape index (κ1) is 14.0. The summed E-state index contributed by atoms with van der Waals surface area (Å²) in [6, 6.07) is 8.12. The minimum atomic E-state index is -0.0935. The van der Waals surface area contributed by atoms with Gasteiger partial charge in [-0.15, -0.1) is 0 Å². The molecule has 1 aromatic rings. The molecule has 1 aliphatic heterocycles. The standard InChI is InChI=1S/C15H22N2O2/c1-11(2)19-8-7-17-15(18)14-10-16-9-12-5-3-4-6-13(12)14/h3-6,11,14,16H,7-10H2,1-2H3,(H,17,18). The Labute approximate surface area is 114 Å². The molecular formula is C15H22N2O2. The zero-order valence-electron chi connectivity index (χ0n) is 11.6. The summed E-state index contributed by atoms with van der Waals surface area (Å²) in [6.45, 7) is 6.65. The van der Waals surface area contributed by atoms with E-state index in [2.05, 4.69) is 16.7 Å². The summed E-state index contributed by atoms with van der Waals surface area (Å²) in [5, 5.41) is 6.23. The Balaban J connectivity index is 1.90. The van der Waals surface area contributed by atoms with E-state index in [1.165, 1.54) is 5.56 Å². The van der Waals surface area contributed by atoms with Crippen LogP contribution in [0.3, 0.4) is 0 Å². The zero-order valence-corrected chi connectivity index (χ0v) is 11.6. The molecule has 1 heterocycles. The summed E-state index contributed by atoms with van der Waals surface area (Å²) in [7, 11) is 0. The highest BCUT2D eigenvalue weighted by atomic mass is 16.5. The summed E-state index contributed by atoms with van der Waals surface area (Å²) < 4.78 is 5.42. The lowest BCUT2D eigenvalue weighted by Gasteiger charge is -2.25. The lowest BCUT2D eigenvalue weighted by Crippen LogP contribution is -2.40. The third-order valence-corrected chi connectivity index (χ3v) is 3.26. The maximum atomic E-state index is 12.2. The van der Waals surface area contributed by atoms with Gasteiger partial charge in [-0.1, -0.05) is 24.3 Å². The van der Waals surface area contributed by atoms with Crippen LogP contribution in [-0.2, 0) is 16.1 Å². The van der Waals surface area contributed by atoms with E-state index in [0.717, 1.165) is 12.1 Å². The highest BCUT2D eigenvalue weighted by molar-refractivity contribution is 5.84. The van der Waals surface area contributed by atoms with E-state index >= 15 is 0 Å². The Morgan fingerprint density at radius 1 is 1.47 bits per heavy atom. The van der Waals surface area contributed by atoms with E-state index in [0.29, 0.717) is 19.7 Å². The van der Waals surface area contributed by atoms with Crippen molar-refractivity contribution in [2.24, 2.45) is 0 Å². The molecule has 104 valence electrons. The minimum absolute atomic E-state index is 0.0759. The number of benzene rings is 1. The van der Waals surface area contributed by atoms with Crippen LogP contribution >= 0.6 is 0 Å². The Morgan fingerprint density at radius 2 is 2.26 bits per heavy atom. The Kier molecular flexibility index (Phi) is 4.93. The second-order valence-electron chi connectivity index (χ2n) is 5.09. The highest BCUT2D eigenvalue weighted by Gasteiger charge is 2.25. The van der Waals surface area contributed by atoms with Crippen LogP contribution in [0.1, 0.15) is 30.9 Å². The van der Waals surface area contributed by atoms with Gasteiger partial charge in [-0.3, -0.25) is 4.79 Å². The molecule has 0 radical (unpaired) electrons. The monoisotopic (exact) mass is 262 g/mol. The molecule has 1 aromatic carbocycles. The quantitative estimate of drug-likeness (QED) is 0.789. The van der Waals surface area contributed by atoms with E-state index in [9.17, 15) is 4.79 Å². The Bertz CT molecular complexity index is 432. The highest BCUT2D eigenvalue weighted by Crippen LogP contribution is 2.23. The van der Waals surface area contributed by atoms with Gasteiger partial charge >= 0.3 is 0 Å². The first-order valence-corrected chi connectivity index (χ1v) is 6.86. The van der Waals surface area contributed by atoms with Gasteiger partial charge < -0.3 is 15.4 Å². The Morgan fingerprint density at radius 3 is 3.05 bits per heavy atom. The molecule has 19 heavy (non-hydrogen) atoms. The van der Waals surface area contributed by atoms with Crippen LogP contribution in [-0.4, -0.2) is 31.7 Å². The number of carbonyl (C=O) groups excluding carboxylic acids is 1. The number of fused-ring (bicyclic) bond motifs is 1. The molecule has 0 aromatic heterocycles. The molecule has 1 atom stereocenters. The van der Waals surface area contributed by atoms with E-state index in [4.69, 9.17) is 4.74 Å². The maximum Gasteiger partial charge on any atom is 0.228 e. The van der Waals surface area contributed by atoms with Crippen molar-refractivity contribution in [2.75, 3.05) is 19.7 Å². The van der Waals surface area contributed by atoms with Crippen LogP contribution in [0.2, 0.25) is 0 Å². The van der Waals surface area contributed by atoms with Crippen LogP contribution in [0, 0.1) is 0 Å². The fraction of sp³-hybridized carbons (Fsp3) is 0.533. The number of hydrogen-bond acceptors (Lipinski definition) is 3. The summed E-state index contributed by atoms with van der Waals surface area (Å²) in [5.41, 5.74) is 2.36. The first-order valence-electron chi connectivity index (χ1n) is 6.86. The SMILES string of the molecule is CC(C)OCCNC(=O)C1CNCc2ccccc21. The molecule has 1 amide bonds. The molecule has 2 N–H and O–H groups in total. The first-order chi connectivity index (χ1) is 9.18. The van der Waals surface area contributed by atoms with Gasteiger partial charge in [0.15, 0.2) is 0 Å². The third-order valence-electron chi connectivity index (χ3n) is 3.26. The summed E-state index contributed by atoms with van der Waals surface area (Å²) in [6.07, 6.45) is 0.203. The van der Waals surface area contributed by atoms with Crippen molar-refractivity contribution in [1.82, 2.24) is 10.6 Å². The second-order valence-corrected chi connectivity index (χ2v) is 5.09. The molecule has 1 unspecified atom stereocenters. The number of nitrogens with one attached hydrogen (secondary N) is 2. The topological polar surface area (TPSA) is 50.4 Å². The number of hydrogen-bond donors (Lipinski definition) is 2. The lowest BCUT2D eigenvalue weighted by molar-refractivity contribution is -0.123. The molecule has 0 spiro atoms. The minimum Gasteiger partial charge on any atom is -0.377 e. The fourth-order valence-corrected chi connectivity index (χ4v) is 2.32. The van der Waals surface area contributed by atoms with Crippen molar-refractivity contribution in [3.05, 3.63) is 35.4 Å². The van der Waals surface area contributed by atoms with Gasteiger partial charge in [-0.25, -0.2) is 0 Å². The molecule has 1 aliphatic rings. The third kappa shape index (κ3) is 3.78. The summed E-state index contributed by atoms with van der Waals surface area (Å²) >= 11 is 0. The van der Waals surface area contributed by atoms with E-state index < -0.39 is 0 Å². The van der Waals surface area contributed by atoms with Gasteiger partial charge in [-0.2, -0.15) is 0 Å². The average molecular weight is 262 g/mol. The van der Waals surface area contributed by atoms with Crippen molar-refractivity contribution in [3.63, 3.8) is 0 Å². The van der Waals surface area contributed by atoms with Crippen LogP contribution < -0.4 is 10.6 Å². The molecule has 0 fully saturated rings. The van der Waals surface area contributed by atoms with E-state index in [1.54, 1.807) is 0 Å². The Hall–Kier alpha value is -1.39. The van der Waals surface area contributed by atoms with E-state index in [1.807, 2.05) is 32.0 Å². The smallest absolute Gasteiger partial charge is 0.228 e. The van der Waals surface area contributed by atoms with Crippen molar-refractivity contribution in [3.8, 4) is 0 Å². The van der Waals surface area contributed by atoms with Crippen LogP contribution in [0.4, 0.5) is 0 Å². The van der Waals surface area contributed by atoms with Crippen molar-refractivity contribution in [1.29, 1.82) is 0 Å². The van der Waals surface area contributed by atoms with Gasteiger partial charge in [0.2, 0.25) is 5.91 Å². The fourth-order valence-electron chi connectivity index (χ4n) is 2.32. The lowest BCUT2D eigenvalue weighted by atomic mass is 9.90. The summed E-state index contributed by atoms with van der Waals surface area (Å²) in [5.74, 6) is -0.0176. The average Bonchev–Trinajstić information content (AvgIpc) is 2.42. The van der Waals surface area contributed by atoms with Crippen molar-refractivity contribution >= 4 is 5.91 Å². The molecule has 0 bridgehead atoms. The largest absolute Gasteiger partial charge is 0.377 e. The van der Waals surface area contributed by atoms with Gasteiger partial charge in [0, 0.05) is 19.6 Å². The molecule has 2 rings (SSSR count). The molecule has 4 nitrogen and oxygen atoms in total. The van der Waals surface area contributed by atoms with Crippen LogP contribution in [0.5, 0.6) is 0 Å². The van der Waals surface area contributed by atoms with Crippen molar-refractivity contribution in [2.45, 2.75) is 32.4 Å². The number of rotatable bonds is 5. The van der Waals surface area contributed by atoms with Crippen molar-refractivity contribution < 1.29 is 9.53 Å². The predicted octanol–water partition coefficient (Wildman–Crippen LogP) is 1.41. The summed E-state index contributed by atoms with van der Waals surface area (Å²) in [4.78, 5) is 12.2. The van der Waals surface area contributed by atoms with Gasteiger partial charge in [0.1, 0.15) is 0 Å². The predicted molar refractivity (Wildman–Crippen MR) is 75.0 cm³/mol. The molecular weight excluding hydrogens is 240 g/mol. The maximum absolute atomic E-state index is 12.2. The molecule has 0 aliphatic carbocycles. The van der Waals surface area contributed by atoms with E-state index in [-0.39, 0.29) is 17.9 Å². The molecule has 0 saturated carbocycles. The molecule has 4 heteroatoms. The zero-order chi connectivity index (χ0) is 13.7.